The Balaban J connectivity index is 1.85. The van der Waals surface area contributed by atoms with Crippen molar-refractivity contribution < 1.29 is 29.3 Å². The standard InChI is InChI=1S/C19H15NO6S/c1-11(18(23)24)26-15-7-2-4-12(8-15)9-16-17(22)20(19(25)27-16)13-5-3-6-14(21)10-13/h2-11,21H,1H3,(H,23,24)/b16-9+. The molecule has 0 saturated carbocycles. The molecule has 2 amide bonds. The number of carbonyl (C=O) groups excluding carboxylic acids is 2. The zero-order chi connectivity index (χ0) is 19.6. The summed E-state index contributed by atoms with van der Waals surface area (Å²) in [6.07, 6.45) is 0.518. The van der Waals surface area contributed by atoms with Gasteiger partial charge in [0.25, 0.3) is 11.1 Å². The molecular formula is C19H15NO6S. The number of phenols is 1. The molecule has 7 nitrogen and oxygen atoms in total. The summed E-state index contributed by atoms with van der Waals surface area (Å²) in [5.74, 6) is -1.30. The first-order valence-electron chi connectivity index (χ1n) is 7.91. The number of benzene rings is 2. The topological polar surface area (TPSA) is 104 Å². The number of carbonyl (C=O) groups is 3. The molecule has 2 aromatic rings. The molecule has 2 aromatic carbocycles. The van der Waals surface area contributed by atoms with Gasteiger partial charge in [-0.3, -0.25) is 9.59 Å². The molecule has 1 heterocycles. The van der Waals surface area contributed by atoms with Crippen LogP contribution < -0.4 is 9.64 Å². The maximum atomic E-state index is 12.6. The van der Waals surface area contributed by atoms with Crippen molar-refractivity contribution in [1.82, 2.24) is 0 Å². The molecule has 1 saturated heterocycles. The molecule has 3 rings (SSSR count). The molecule has 1 aliphatic rings. The van der Waals surface area contributed by atoms with Crippen LogP contribution in [0.2, 0.25) is 0 Å². The van der Waals surface area contributed by atoms with Crippen molar-refractivity contribution in [1.29, 1.82) is 0 Å². The van der Waals surface area contributed by atoms with E-state index in [4.69, 9.17) is 9.84 Å². The molecule has 1 atom stereocenters. The SMILES string of the molecule is CC(Oc1cccc(/C=C2/SC(=O)N(c3cccc(O)c3)C2=O)c1)C(=O)O. The number of anilines is 1. The average Bonchev–Trinajstić information content (AvgIpc) is 2.88. The van der Waals surface area contributed by atoms with E-state index in [0.717, 1.165) is 16.7 Å². The molecule has 27 heavy (non-hydrogen) atoms. The van der Waals surface area contributed by atoms with Crippen molar-refractivity contribution in [3.05, 3.63) is 59.0 Å². The van der Waals surface area contributed by atoms with Crippen molar-refractivity contribution in [2.75, 3.05) is 4.90 Å². The number of ether oxygens (including phenoxy) is 1. The Labute approximate surface area is 158 Å². The van der Waals surface area contributed by atoms with Crippen molar-refractivity contribution >= 4 is 40.6 Å². The van der Waals surface area contributed by atoms with Gasteiger partial charge in [-0.05, 0) is 54.6 Å². The van der Waals surface area contributed by atoms with Gasteiger partial charge < -0.3 is 14.9 Å². The van der Waals surface area contributed by atoms with Crippen LogP contribution in [0.3, 0.4) is 0 Å². The van der Waals surface area contributed by atoms with Gasteiger partial charge in [-0.15, -0.1) is 0 Å². The molecule has 0 bridgehead atoms. The molecule has 1 unspecified atom stereocenters. The molecule has 1 aliphatic heterocycles. The minimum Gasteiger partial charge on any atom is -0.508 e. The first kappa shape index (κ1) is 18.5. The second-order valence-corrected chi connectivity index (χ2v) is 6.70. The quantitative estimate of drug-likeness (QED) is 0.759. The first-order valence-corrected chi connectivity index (χ1v) is 8.73. The summed E-state index contributed by atoms with van der Waals surface area (Å²) in [6.45, 7) is 1.41. The fourth-order valence-electron chi connectivity index (χ4n) is 2.41. The minimum atomic E-state index is -1.09. The van der Waals surface area contributed by atoms with Crippen molar-refractivity contribution in [2.24, 2.45) is 0 Å². The molecule has 1 fully saturated rings. The lowest BCUT2D eigenvalue weighted by Gasteiger charge is -2.12. The normalized spacial score (nSPS) is 16.6. The number of hydrogen-bond acceptors (Lipinski definition) is 6. The van der Waals surface area contributed by atoms with Crippen LogP contribution in [-0.4, -0.2) is 33.4 Å². The lowest BCUT2D eigenvalue weighted by atomic mass is 10.2. The van der Waals surface area contributed by atoms with Crippen LogP contribution in [0.5, 0.6) is 11.5 Å². The number of aromatic hydroxyl groups is 1. The number of hydrogen-bond donors (Lipinski definition) is 2. The van der Waals surface area contributed by atoms with E-state index in [9.17, 15) is 19.5 Å². The van der Waals surface area contributed by atoms with E-state index in [0.29, 0.717) is 11.3 Å². The Morgan fingerprint density at radius 3 is 2.63 bits per heavy atom. The van der Waals surface area contributed by atoms with Gasteiger partial charge in [-0.25, -0.2) is 9.69 Å². The Bertz CT molecular complexity index is 955. The largest absolute Gasteiger partial charge is 0.508 e. The Kier molecular flexibility index (Phi) is 5.18. The first-order chi connectivity index (χ1) is 12.8. The van der Waals surface area contributed by atoms with Gasteiger partial charge >= 0.3 is 5.97 Å². The van der Waals surface area contributed by atoms with Gasteiger partial charge in [0, 0.05) is 6.07 Å². The fourth-order valence-corrected chi connectivity index (χ4v) is 3.25. The Hall–Kier alpha value is -3.26. The van der Waals surface area contributed by atoms with Crippen molar-refractivity contribution in [2.45, 2.75) is 13.0 Å². The second kappa shape index (κ2) is 7.55. The molecule has 0 radical (unpaired) electrons. The summed E-state index contributed by atoms with van der Waals surface area (Å²) in [5.41, 5.74) is 0.875. The Morgan fingerprint density at radius 1 is 1.19 bits per heavy atom. The summed E-state index contributed by atoms with van der Waals surface area (Å²) in [6, 6.07) is 12.4. The number of rotatable bonds is 5. The van der Waals surface area contributed by atoms with Crippen LogP contribution in [0, 0.1) is 0 Å². The molecule has 8 heteroatoms. The van der Waals surface area contributed by atoms with E-state index >= 15 is 0 Å². The number of thioether (sulfide) groups is 1. The monoisotopic (exact) mass is 385 g/mol. The van der Waals surface area contributed by atoms with E-state index < -0.39 is 23.2 Å². The van der Waals surface area contributed by atoms with Crippen LogP contribution in [0.25, 0.3) is 6.08 Å². The van der Waals surface area contributed by atoms with E-state index in [1.165, 1.54) is 25.1 Å². The molecule has 2 N–H and O–H groups in total. The van der Waals surface area contributed by atoms with Crippen LogP contribution in [-0.2, 0) is 9.59 Å². The summed E-state index contributed by atoms with van der Waals surface area (Å²) in [7, 11) is 0. The highest BCUT2D eigenvalue weighted by Crippen LogP contribution is 2.36. The molecule has 0 aromatic heterocycles. The lowest BCUT2D eigenvalue weighted by Crippen LogP contribution is -2.27. The summed E-state index contributed by atoms with van der Waals surface area (Å²) >= 11 is 0.784. The zero-order valence-electron chi connectivity index (χ0n) is 14.2. The second-order valence-electron chi connectivity index (χ2n) is 5.71. The van der Waals surface area contributed by atoms with E-state index in [2.05, 4.69) is 0 Å². The summed E-state index contributed by atoms with van der Waals surface area (Å²) < 4.78 is 5.31. The maximum Gasteiger partial charge on any atom is 0.344 e. The molecule has 0 aliphatic carbocycles. The summed E-state index contributed by atoms with van der Waals surface area (Å²) in [4.78, 5) is 36.9. The fraction of sp³-hybridized carbons (Fsp3) is 0.105. The van der Waals surface area contributed by atoms with Gasteiger partial charge in [0.2, 0.25) is 0 Å². The third-order valence-corrected chi connectivity index (χ3v) is 4.57. The number of amides is 2. The smallest absolute Gasteiger partial charge is 0.344 e. The number of carboxylic acid groups (broad SMARTS) is 1. The highest BCUT2D eigenvalue weighted by molar-refractivity contribution is 8.19. The molecular weight excluding hydrogens is 370 g/mol. The molecule has 0 spiro atoms. The number of carboxylic acids is 1. The number of aliphatic carboxylic acids is 1. The van der Waals surface area contributed by atoms with Crippen LogP contribution in [0.4, 0.5) is 10.5 Å². The molecule has 138 valence electrons. The minimum absolute atomic E-state index is 0.0482. The van der Waals surface area contributed by atoms with Crippen LogP contribution in [0.15, 0.2) is 53.4 Å². The van der Waals surface area contributed by atoms with Gasteiger partial charge in [0.15, 0.2) is 6.10 Å². The zero-order valence-corrected chi connectivity index (χ0v) is 15.0. The van der Waals surface area contributed by atoms with E-state index in [-0.39, 0.29) is 16.3 Å². The third kappa shape index (κ3) is 4.12. The summed E-state index contributed by atoms with van der Waals surface area (Å²) in [5, 5.41) is 18.0. The van der Waals surface area contributed by atoms with Crippen molar-refractivity contribution in [3.63, 3.8) is 0 Å². The average molecular weight is 385 g/mol. The van der Waals surface area contributed by atoms with Crippen LogP contribution in [0.1, 0.15) is 12.5 Å². The van der Waals surface area contributed by atoms with Gasteiger partial charge in [0.1, 0.15) is 11.5 Å². The van der Waals surface area contributed by atoms with E-state index in [1.54, 1.807) is 36.4 Å². The van der Waals surface area contributed by atoms with Gasteiger partial charge in [-0.2, -0.15) is 0 Å². The predicted molar refractivity (Wildman–Crippen MR) is 101 cm³/mol. The maximum absolute atomic E-state index is 12.6. The predicted octanol–water partition coefficient (Wildman–Crippen LogP) is 3.49. The third-order valence-electron chi connectivity index (χ3n) is 3.70. The Morgan fingerprint density at radius 2 is 1.93 bits per heavy atom. The lowest BCUT2D eigenvalue weighted by molar-refractivity contribution is -0.144. The number of imide groups is 1. The number of nitrogens with zero attached hydrogens (tertiary/aromatic N) is 1. The highest BCUT2D eigenvalue weighted by Gasteiger charge is 2.36. The van der Waals surface area contributed by atoms with E-state index in [1.807, 2.05) is 0 Å². The van der Waals surface area contributed by atoms with Crippen LogP contribution >= 0.6 is 11.8 Å². The van der Waals surface area contributed by atoms with Gasteiger partial charge in [0.05, 0.1) is 10.6 Å². The highest BCUT2D eigenvalue weighted by atomic mass is 32.2. The van der Waals surface area contributed by atoms with Crippen molar-refractivity contribution in [3.8, 4) is 11.5 Å². The van der Waals surface area contributed by atoms with Gasteiger partial charge in [-0.1, -0.05) is 18.2 Å². The number of phenolic OH excluding ortho intramolecular Hbond substituents is 1.